The van der Waals surface area contributed by atoms with Crippen molar-refractivity contribution >= 4 is 33.3 Å². The average Bonchev–Trinajstić information content (AvgIpc) is 3.22. The summed E-state index contributed by atoms with van der Waals surface area (Å²) in [5, 5.41) is 6.16. The Kier molecular flexibility index (Phi) is 3.40. The molecule has 112 valence electrons. The van der Waals surface area contributed by atoms with Gasteiger partial charge in [-0.05, 0) is 12.1 Å². The van der Waals surface area contributed by atoms with Gasteiger partial charge in [0, 0.05) is 16.3 Å². The van der Waals surface area contributed by atoms with Gasteiger partial charge in [0.1, 0.15) is 5.58 Å². The van der Waals surface area contributed by atoms with Crippen molar-refractivity contribution in [2.24, 2.45) is 0 Å². The van der Waals surface area contributed by atoms with Crippen molar-refractivity contribution in [3.05, 3.63) is 71.8 Å². The topological polar surface area (TPSA) is 55.1 Å². The van der Waals surface area contributed by atoms with Gasteiger partial charge < -0.3 is 4.42 Å². The number of amides is 1. The van der Waals surface area contributed by atoms with Gasteiger partial charge >= 0.3 is 0 Å². The van der Waals surface area contributed by atoms with Crippen LogP contribution in [-0.4, -0.2) is 10.9 Å². The van der Waals surface area contributed by atoms with Crippen LogP contribution in [0.15, 0.2) is 70.5 Å². The maximum Gasteiger partial charge on any atom is 0.293 e. The van der Waals surface area contributed by atoms with Crippen molar-refractivity contribution in [2.75, 3.05) is 5.32 Å². The van der Waals surface area contributed by atoms with Crippen LogP contribution in [0.3, 0.4) is 0 Å². The standard InChI is InChI=1S/C18H12N2O2S/c21-17(16-10-13-8-4-5-9-15(13)22-16)20-18-19-14(11-23-18)12-6-2-1-3-7-12/h1-11H,(H,19,20,21). The molecule has 0 spiro atoms. The lowest BCUT2D eigenvalue weighted by molar-refractivity contribution is 0.0998. The van der Waals surface area contributed by atoms with Crippen LogP contribution in [0.4, 0.5) is 5.13 Å². The molecular formula is C18H12N2O2S. The van der Waals surface area contributed by atoms with Gasteiger partial charge in [0.25, 0.3) is 5.91 Å². The molecule has 23 heavy (non-hydrogen) atoms. The molecule has 0 radical (unpaired) electrons. The van der Waals surface area contributed by atoms with E-state index in [4.69, 9.17) is 4.42 Å². The van der Waals surface area contributed by atoms with E-state index >= 15 is 0 Å². The summed E-state index contributed by atoms with van der Waals surface area (Å²) < 4.78 is 5.56. The minimum Gasteiger partial charge on any atom is -0.451 e. The van der Waals surface area contributed by atoms with Gasteiger partial charge in [-0.1, -0.05) is 48.5 Å². The number of para-hydroxylation sites is 1. The minimum atomic E-state index is -0.296. The SMILES string of the molecule is O=C(Nc1nc(-c2ccccc2)cs1)c1cc2ccccc2o1. The van der Waals surface area contributed by atoms with Gasteiger partial charge in [-0.2, -0.15) is 0 Å². The molecule has 0 bridgehead atoms. The molecule has 2 aromatic heterocycles. The van der Waals surface area contributed by atoms with Crippen molar-refractivity contribution in [1.29, 1.82) is 0 Å². The Morgan fingerprint density at radius 1 is 1.04 bits per heavy atom. The molecule has 4 aromatic rings. The highest BCUT2D eigenvalue weighted by molar-refractivity contribution is 7.14. The smallest absolute Gasteiger partial charge is 0.293 e. The fraction of sp³-hybridized carbons (Fsp3) is 0. The first-order valence-corrected chi connectivity index (χ1v) is 7.98. The number of benzene rings is 2. The van der Waals surface area contributed by atoms with E-state index < -0.39 is 0 Å². The predicted molar refractivity (Wildman–Crippen MR) is 91.7 cm³/mol. The zero-order valence-electron chi connectivity index (χ0n) is 12.0. The van der Waals surface area contributed by atoms with Gasteiger partial charge in [-0.25, -0.2) is 4.98 Å². The second kappa shape index (κ2) is 5.70. The highest BCUT2D eigenvalue weighted by Gasteiger charge is 2.14. The second-order valence-corrected chi connectivity index (χ2v) is 5.86. The molecule has 2 heterocycles. The number of carbonyl (C=O) groups excluding carboxylic acids is 1. The average molecular weight is 320 g/mol. The minimum absolute atomic E-state index is 0.280. The van der Waals surface area contributed by atoms with E-state index in [-0.39, 0.29) is 11.7 Å². The van der Waals surface area contributed by atoms with Crippen LogP contribution in [0.2, 0.25) is 0 Å². The molecule has 1 amide bonds. The molecule has 0 unspecified atom stereocenters. The largest absolute Gasteiger partial charge is 0.451 e. The molecule has 1 N–H and O–H groups in total. The van der Waals surface area contributed by atoms with Crippen LogP contribution in [-0.2, 0) is 0 Å². The first kappa shape index (κ1) is 13.7. The van der Waals surface area contributed by atoms with Gasteiger partial charge in [0.15, 0.2) is 10.9 Å². The van der Waals surface area contributed by atoms with Crippen molar-refractivity contribution < 1.29 is 9.21 Å². The third-order valence-electron chi connectivity index (χ3n) is 3.44. The summed E-state index contributed by atoms with van der Waals surface area (Å²) >= 11 is 1.39. The fourth-order valence-electron chi connectivity index (χ4n) is 2.33. The van der Waals surface area contributed by atoms with E-state index in [9.17, 15) is 4.79 Å². The van der Waals surface area contributed by atoms with Gasteiger partial charge in [-0.3, -0.25) is 10.1 Å². The zero-order valence-corrected chi connectivity index (χ0v) is 12.8. The van der Waals surface area contributed by atoms with Crippen molar-refractivity contribution in [2.45, 2.75) is 0 Å². The molecule has 4 rings (SSSR count). The number of carbonyl (C=O) groups is 1. The summed E-state index contributed by atoms with van der Waals surface area (Å²) in [7, 11) is 0. The van der Waals surface area contributed by atoms with Gasteiger partial charge in [0.2, 0.25) is 0 Å². The Bertz CT molecular complexity index is 940. The van der Waals surface area contributed by atoms with Crippen molar-refractivity contribution in [3.63, 3.8) is 0 Å². The van der Waals surface area contributed by atoms with Crippen LogP contribution < -0.4 is 5.32 Å². The Morgan fingerprint density at radius 2 is 1.83 bits per heavy atom. The lowest BCUT2D eigenvalue weighted by Gasteiger charge is -1.98. The molecule has 0 aliphatic carbocycles. The molecule has 0 fully saturated rings. The summed E-state index contributed by atoms with van der Waals surface area (Å²) in [6, 6.07) is 19.1. The Balaban J connectivity index is 1.56. The first-order chi connectivity index (χ1) is 11.3. The quantitative estimate of drug-likeness (QED) is 0.589. The monoisotopic (exact) mass is 320 g/mol. The highest BCUT2D eigenvalue weighted by Crippen LogP contribution is 2.25. The zero-order chi connectivity index (χ0) is 15.6. The van der Waals surface area contributed by atoms with E-state index in [1.54, 1.807) is 6.07 Å². The maximum absolute atomic E-state index is 12.3. The summed E-state index contributed by atoms with van der Waals surface area (Å²) in [6.07, 6.45) is 0. The number of fused-ring (bicyclic) bond motifs is 1. The number of hydrogen-bond donors (Lipinski definition) is 1. The third kappa shape index (κ3) is 2.74. The number of hydrogen-bond acceptors (Lipinski definition) is 4. The van der Waals surface area contributed by atoms with Crippen molar-refractivity contribution in [1.82, 2.24) is 4.98 Å². The molecule has 0 aliphatic heterocycles. The molecular weight excluding hydrogens is 308 g/mol. The summed E-state index contributed by atoms with van der Waals surface area (Å²) in [5.41, 5.74) is 2.56. The lowest BCUT2D eigenvalue weighted by atomic mass is 10.2. The number of anilines is 1. The van der Waals surface area contributed by atoms with Crippen LogP contribution in [0, 0.1) is 0 Å². The fourth-order valence-corrected chi connectivity index (χ4v) is 3.04. The van der Waals surface area contributed by atoms with E-state index in [0.717, 1.165) is 16.6 Å². The molecule has 0 saturated heterocycles. The third-order valence-corrected chi connectivity index (χ3v) is 4.20. The normalized spacial score (nSPS) is 10.8. The molecule has 0 aliphatic rings. The number of nitrogens with one attached hydrogen (secondary N) is 1. The maximum atomic E-state index is 12.3. The van der Waals surface area contributed by atoms with Gasteiger partial charge in [-0.15, -0.1) is 11.3 Å². The molecule has 0 saturated carbocycles. The van der Waals surface area contributed by atoms with E-state index in [1.807, 2.05) is 60.0 Å². The number of aromatic nitrogens is 1. The van der Waals surface area contributed by atoms with Crippen LogP contribution in [0.25, 0.3) is 22.2 Å². The number of thiazole rings is 1. The lowest BCUT2D eigenvalue weighted by Crippen LogP contribution is -2.10. The first-order valence-electron chi connectivity index (χ1n) is 7.10. The molecule has 0 atom stereocenters. The van der Waals surface area contributed by atoms with E-state index in [1.165, 1.54) is 11.3 Å². The summed E-state index contributed by atoms with van der Waals surface area (Å²) in [6.45, 7) is 0. The van der Waals surface area contributed by atoms with Crippen LogP contribution in [0.1, 0.15) is 10.6 Å². The Labute approximate surface area is 136 Å². The Hall–Kier alpha value is -2.92. The van der Waals surface area contributed by atoms with Crippen molar-refractivity contribution in [3.8, 4) is 11.3 Å². The molecule has 2 aromatic carbocycles. The van der Waals surface area contributed by atoms with Crippen LogP contribution in [0.5, 0.6) is 0 Å². The number of furan rings is 1. The number of nitrogens with zero attached hydrogens (tertiary/aromatic N) is 1. The summed E-state index contributed by atoms with van der Waals surface area (Å²) in [5.74, 6) is -0.0159. The number of rotatable bonds is 3. The van der Waals surface area contributed by atoms with Crippen LogP contribution >= 0.6 is 11.3 Å². The molecule has 4 nitrogen and oxygen atoms in total. The van der Waals surface area contributed by atoms with E-state index in [2.05, 4.69) is 10.3 Å². The van der Waals surface area contributed by atoms with E-state index in [0.29, 0.717) is 10.7 Å². The predicted octanol–water partition coefficient (Wildman–Crippen LogP) is 4.81. The highest BCUT2D eigenvalue weighted by atomic mass is 32.1. The Morgan fingerprint density at radius 3 is 2.65 bits per heavy atom. The molecule has 5 heteroatoms. The summed E-state index contributed by atoms with van der Waals surface area (Å²) in [4.78, 5) is 16.7. The second-order valence-electron chi connectivity index (χ2n) is 5.01. The van der Waals surface area contributed by atoms with Gasteiger partial charge in [0.05, 0.1) is 5.69 Å².